The molecule has 7 heteroatoms. The highest BCUT2D eigenvalue weighted by atomic mass is 16.6. The first kappa shape index (κ1) is 17.3. The number of aliphatic hydroxyl groups excluding tert-OH is 2. The Labute approximate surface area is 133 Å². The van der Waals surface area contributed by atoms with Gasteiger partial charge in [0.15, 0.2) is 11.5 Å². The molecule has 23 heavy (non-hydrogen) atoms. The molecule has 7 nitrogen and oxygen atoms in total. The van der Waals surface area contributed by atoms with E-state index in [1.807, 2.05) is 0 Å². The molecule has 0 heterocycles. The second-order valence-electron chi connectivity index (χ2n) is 6.02. The molecule has 126 valence electrons. The molecule has 0 saturated heterocycles. The van der Waals surface area contributed by atoms with Gasteiger partial charge in [0.05, 0.1) is 11.7 Å². The van der Waals surface area contributed by atoms with Gasteiger partial charge in [0.1, 0.15) is 12.2 Å². The molecule has 1 unspecified atom stereocenters. The zero-order valence-corrected chi connectivity index (χ0v) is 12.6. The number of hydrogen-bond donors (Lipinski definition) is 5. The van der Waals surface area contributed by atoms with Crippen molar-refractivity contribution in [1.29, 1.82) is 0 Å². The monoisotopic (exact) mass is 324 g/mol. The number of ether oxygens (including phenoxy) is 1. The lowest BCUT2D eigenvalue weighted by molar-refractivity contribution is -0.178. The highest BCUT2D eigenvalue weighted by Gasteiger charge is 2.43. The topological polar surface area (TPSA) is 127 Å². The number of phenolic OH excluding ortho intramolecular Hbond substituents is 2. The summed E-state index contributed by atoms with van der Waals surface area (Å²) in [6.07, 6.45) is -0.964. The Morgan fingerprint density at radius 2 is 1.96 bits per heavy atom. The zero-order valence-electron chi connectivity index (χ0n) is 12.6. The number of phenols is 2. The highest BCUT2D eigenvalue weighted by Crippen LogP contribution is 2.30. The summed E-state index contributed by atoms with van der Waals surface area (Å²) in [5.74, 6) is -1.35. The summed E-state index contributed by atoms with van der Waals surface area (Å²) in [7, 11) is 0. The number of benzene rings is 1. The Morgan fingerprint density at radius 3 is 2.61 bits per heavy atom. The predicted octanol–water partition coefficient (Wildman–Crippen LogP) is 0.289. The van der Waals surface area contributed by atoms with Crippen LogP contribution in [0.5, 0.6) is 11.5 Å². The molecule has 5 N–H and O–H groups in total. The predicted molar refractivity (Wildman–Crippen MR) is 80.6 cm³/mol. The van der Waals surface area contributed by atoms with Gasteiger partial charge in [-0.25, -0.2) is 4.79 Å². The molecule has 0 radical (unpaired) electrons. The van der Waals surface area contributed by atoms with Crippen LogP contribution in [0.25, 0.3) is 6.08 Å². The normalized spacial score (nSPS) is 31.2. The van der Waals surface area contributed by atoms with Gasteiger partial charge in [-0.05, 0) is 30.7 Å². The first-order chi connectivity index (χ1) is 10.7. The van der Waals surface area contributed by atoms with Gasteiger partial charge in [0.2, 0.25) is 0 Å². The lowest BCUT2D eigenvalue weighted by Crippen LogP contribution is -2.52. The Hall–Kier alpha value is -2.09. The molecule has 0 bridgehead atoms. The average Bonchev–Trinajstić information content (AvgIpc) is 2.45. The highest BCUT2D eigenvalue weighted by molar-refractivity contribution is 5.87. The molecular weight excluding hydrogens is 304 g/mol. The molecule has 1 aliphatic rings. The maximum absolute atomic E-state index is 11.8. The van der Waals surface area contributed by atoms with Gasteiger partial charge in [-0.15, -0.1) is 0 Å². The maximum Gasteiger partial charge on any atom is 0.331 e. The summed E-state index contributed by atoms with van der Waals surface area (Å²) in [6.45, 7) is 1.50. The first-order valence-electron chi connectivity index (χ1n) is 7.17. The molecule has 1 saturated carbocycles. The van der Waals surface area contributed by atoms with Crippen LogP contribution in [0.1, 0.15) is 25.3 Å². The van der Waals surface area contributed by atoms with Crippen LogP contribution in [0, 0.1) is 0 Å². The third-order valence-corrected chi connectivity index (χ3v) is 3.74. The summed E-state index contributed by atoms with van der Waals surface area (Å²) in [6, 6.07) is 4.03. The third-order valence-electron chi connectivity index (χ3n) is 3.74. The van der Waals surface area contributed by atoms with Gasteiger partial charge in [-0.3, -0.25) is 0 Å². The van der Waals surface area contributed by atoms with Crippen LogP contribution < -0.4 is 0 Å². The fraction of sp³-hybridized carbons (Fsp3) is 0.438. The average molecular weight is 324 g/mol. The van der Waals surface area contributed by atoms with Gasteiger partial charge >= 0.3 is 5.97 Å². The minimum atomic E-state index is -1.26. The SMILES string of the molecule is C[C@]1(O)C[C@H](O)C(O)[C@H](OC(=O)/C=C/c2ccc(O)c(O)c2)C1. The summed E-state index contributed by atoms with van der Waals surface area (Å²) < 4.78 is 5.08. The van der Waals surface area contributed by atoms with Crippen LogP contribution in [0.15, 0.2) is 24.3 Å². The second kappa shape index (κ2) is 6.57. The van der Waals surface area contributed by atoms with Crippen LogP contribution >= 0.6 is 0 Å². The quantitative estimate of drug-likeness (QED) is 0.307. The van der Waals surface area contributed by atoms with E-state index in [0.717, 1.165) is 6.08 Å². The first-order valence-corrected chi connectivity index (χ1v) is 7.17. The lowest BCUT2D eigenvalue weighted by atomic mass is 9.81. The Balaban J connectivity index is 2.00. The minimum absolute atomic E-state index is 0.00480. The number of carbonyl (C=O) groups excluding carboxylic acids is 1. The van der Waals surface area contributed by atoms with E-state index in [1.165, 1.54) is 31.2 Å². The molecule has 1 aromatic carbocycles. The van der Waals surface area contributed by atoms with E-state index in [4.69, 9.17) is 4.74 Å². The van der Waals surface area contributed by atoms with Gasteiger partial charge in [-0.2, -0.15) is 0 Å². The molecule has 1 aliphatic carbocycles. The van der Waals surface area contributed by atoms with E-state index in [0.29, 0.717) is 5.56 Å². The minimum Gasteiger partial charge on any atom is -0.504 e. The van der Waals surface area contributed by atoms with Crippen LogP contribution in [0.2, 0.25) is 0 Å². The van der Waals surface area contributed by atoms with Crippen molar-refractivity contribution in [2.24, 2.45) is 0 Å². The number of rotatable bonds is 3. The molecule has 1 aromatic rings. The van der Waals surface area contributed by atoms with Crippen LogP contribution in [-0.4, -0.2) is 55.4 Å². The molecule has 1 fully saturated rings. The number of esters is 1. The summed E-state index contributed by atoms with van der Waals surface area (Å²) in [5.41, 5.74) is -0.760. The van der Waals surface area contributed by atoms with E-state index >= 15 is 0 Å². The molecule has 0 aromatic heterocycles. The Morgan fingerprint density at radius 1 is 1.26 bits per heavy atom. The smallest absolute Gasteiger partial charge is 0.331 e. The summed E-state index contributed by atoms with van der Waals surface area (Å²) in [4.78, 5) is 11.8. The van der Waals surface area contributed by atoms with Crippen molar-refractivity contribution >= 4 is 12.0 Å². The van der Waals surface area contributed by atoms with E-state index in [1.54, 1.807) is 0 Å². The largest absolute Gasteiger partial charge is 0.504 e. The van der Waals surface area contributed by atoms with E-state index in [-0.39, 0.29) is 24.3 Å². The van der Waals surface area contributed by atoms with Crippen molar-refractivity contribution in [3.05, 3.63) is 29.8 Å². The molecular formula is C16H20O7. The summed E-state index contributed by atoms with van der Waals surface area (Å²) >= 11 is 0. The van der Waals surface area contributed by atoms with Gasteiger partial charge in [0, 0.05) is 18.9 Å². The van der Waals surface area contributed by atoms with E-state index < -0.39 is 29.9 Å². The van der Waals surface area contributed by atoms with Crippen molar-refractivity contribution in [3.63, 3.8) is 0 Å². The van der Waals surface area contributed by atoms with E-state index in [2.05, 4.69) is 0 Å². The molecule has 0 spiro atoms. The zero-order chi connectivity index (χ0) is 17.2. The standard InChI is InChI=1S/C16H20O7/c1-16(22)7-12(19)15(21)13(8-16)23-14(20)5-3-9-2-4-10(17)11(18)6-9/h2-6,12-13,15,17-19,21-22H,7-8H2,1H3/b5-3+/t12-,13+,15?,16-/m0/s1. The van der Waals surface area contributed by atoms with Crippen LogP contribution in [-0.2, 0) is 9.53 Å². The van der Waals surface area contributed by atoms with Crippen LogP contribution in [0.3, 0.4) is 0 Å². The van der Waals surface area contributed by atoms with E-state index in [9.17, 15) is 30.3 Å². The maximum atomic E-state index is 11.8. The van der Waals surface area contributed by atoms with Gasteiger partial charge in [-0.1, -0.05) is 6.07 Å². The fourth-order valence-electron chi connectivity index (χ4n) is 2.56. The van der Waals surface area contributed by atoms with Crippen molar-refractivity contribution in [1.82, 2.24) is 0 Å². The van der Waals surface area contributed by atoms with Gasteiger partial charge in [0.25, 0.3) is 0 Å². The van der Waals surface area contributed by atoms with Crippen LogP contribution in [0.4, 0.5) is 0 Å². The Kier molecular flexibility index (Phi) is 4.93. The third kappa shape index (κ3) is 4.44. The number of hydrogen-bond acceptors (Lipinski definition) is 7. The second-order valence-corrected chi connectivity index (χ2v) is 6.02. The molecule has 0 aliphatic heterocycles. The number of carbonyl (C=O) groups is 1. The Bertz CT molecular complexity index is 608. The van der Waals surface area contributed by atoms with Gasteiger partial charge < -0.3 is 30.3 Å². The number of aromatic hydroxyl groups is 2. The number of aliphatic hydroxyl groups is 3. The fourth-order valence-corrected chi connectivity index (χ4v) is 2.56. The molecule has 0 amide bonds. The molecule has 4 atom stereocenters. The van der Waals surface area contributed by atoms with Crippen molar-refractivity contribution in [2.45, 2.75) is 43.7 Å². The summed E-state index contributed by atoms with van der Waals surface area (Å²) in [5, 5.41) is 48.1. The van der Waals surface area contributed by atoms with Crippen molar-refractivity contribution < 1.29 is 35.1 Å². The van der Waals surface area contributed by atoms with Crippen molar-refractivity contribution in [2.75, 3.05) is 0 Å². The van der Waals surface area contributed by atoms with Crippen molar-refractivity contribution in [3.8, 4) is 11.5 Å². The lowest BCUT2D eigenvalue weighted by Gasteiger charge is -2.39. The molecule has 2 rings (SSSR count).